The van der Waals surface area contributed by atoms with Crippen LogP contribution in [0.5, 0.6) is 11.6 Å². The molecule has 0 aliphatic carbocycles. The van der Waals surface area contributed by atoms with Gasteiger partial charge < -0.3 is 15.4 Å². The molecule has 0 atom stereocenters. The Morgan fingerprint density at radius 2 is 1.93 bits per heavy atom. The van der Waals surface area contributed by atoms with Crippen LogP contribution in [0, 0.1) is 12.3 Å². The summed E-state index contributed by atoms with van der Waals surface area (Å²) in [6.45, 7) is -0.185. The lowest BCUT2D eigenvalue weighted by Crippen LogP contribution is -2.32. The normalized spacial score (nSPS) is 9.93. The molecule has 1 aromatic heterocycles. The third-order valence-electron chi connectivity index (χ3n) is 3.74. The maximum Gasteiger partial charge on any atom is 0.253 e. The van der Waals surface area contributed by atoms with Gasteiger partial charge in [0.15, 0.2) is 0 Å². The predicted molar refractivity (Wildman–Crippen MR) is 114 cm³/mol. The van der Waals surface area contributed by atoms with Gasteiger partial charge in [0.2, 0.25) is 11.8 Å². The zero-order valence-corrected chi connectivity index (χ0v) is 16.8. The lowest BCUT2D eigenvalue weighted by Gasteiger charge is -2.08. The van der Waals surface area contributed by atoms with E-state index in [1.807, 2.05) is 12.1 Å². The highest BCUT2D eigenvalue weighted by Crippen LogP contribution is 2.22. The molecule has 0 saturated heterocycles. The van der Waals surface area contributed by atoms with E-state index in [4.69, 9.17) is 11.2 Å². The number of carbonyl (C=O) groups excluding carboxylic acids is 2. The first-order chi connectivity index (χ1) is 14.0. The average Bonchev–Trinajstić information content (AvgIpc) is 2.73. The molecule has 3 aromatic rings. The maximum atomic E-state index is 12.2. The molecule has 29 heavy (non-hydrogen) atoms. The van der Waals surface area contributed by atoms with Crippen LogP contribution >= 0.6 is 15.9 Å². The molecule has 0 fully saturated rings. The second-order valence-corrected chi connectivity index (χ2v) is 6.82. The predicted octanol–water partition coefficient (Wildman–Crippen LogP) is 3.99. The van der Waals surface area contributed by atoms with Crippen LogP contribution in [0.25, 0.3) is 0 Å². The van der Waals surface area contributed by atoms with Crippen LogP contribution in [0.15, 0.2) is 71.3 Å². The number of benzene rings is 2. The van der Waals surface area contributed by atoms with Gasteiger partial charge in [-0.2, -0.15) is 0 Å². The summed E-state index contributed by atoms with van der Waals surface area (Å²) < 4.78 is 6.51. The minimum absolute atomic E-state index is 0.185. The first kappa shape index (κ1) is 20.1. The van der Waals surface area contributed by atoms with Crippen molar-refractivity contribution in [3.8, 4) is 24.0 Å². The van der Waals surface area contributed by atoms with Gasteiger partial charge in [-0.05, 0) is 42.5 Å². The fourth-order valence-corrected chi connectivity index (χ4v) is 2.76. The van der Waals surface area contributed by atoms with Crippen LogP contribution in [-0.2, 0) is 4.79 Å². The van der Waals surface area contributed by atoms with Crippen molar-refractivity contribution in [1.82, 2.24) is 10.3 Å². The highest BCUT2D eigenvalue weighted by Gasteiger charge is 2.10. The largest absolute Gasteiger partial charge is 0.439 e. The summed E-state index contributed by atoms with van der Waals surface area (Å²) in [4.78, 5) is 28.3. The maximum absolute atomic E-state index is 12.2. The molecule has 2 N–H and O–H groups in total. The Morgan fingerprint density at radius 3 is 2.66 bits per heavy atom. The highest BCUT2D eigenvalue weighted by atomic mass is 79.9. The molecule has 6 nitrogen and oxygen atoms in total. The molecule has 2 amide bonds. The number of hydrogen-bond acceptors (Lipinski definition) is 4. The summed E-state index contributed by atoms with van der Waals surface area (Å²) in [6.07, 6.45) is 6.72. The Kier molecular flexibility index (Phi) is 6.61. The number of hydrogen-bond donors (Lipinski definition) is 2. The number of halogens is 1. The van der Waals surface area contributed by atoms with Gasteiger partial charge in [-0.15, -0.1) is 6.42 Å². The van der Waals surface area contributed by atoms with Gasteiger partial charge in [-0.3, -0.25) is 9.59 Å². The molecule has 7 heteroatoms. The minimum atomic E-state index is -0.418. The monoisotopic (exact) mass is 449 g/mol. The molecule has 0 bridgehead atoms. The summed E-state index contributed by atoms with van der Waals surface area (Å²) in [6, 6.07) is 17.4. The van der Waals surface area contributed by atoms with E-state index in [0.717, 1.165) is 4.47 Å². The van der Waals surface area contributed by atoms with Crippen molar-refractivity contribution in [2.75, 3.05) is 11.9 Å². The molecule has 0 aliphatic rings. The Labute approximate surface area is 176 Å². The van der Waals surface area contributed by atoms with Crippen molar-refractivity contribution in [1.29, 1.82) is 0 Å². The van der Waals surface area contributed by atoms with Crippen molar-refractivity contribution in [2.24, 2.45) is 0 Å². The number of rotatable bonds is 6. The first-order valence-electron chi connectivity index (χ1n) is 8.58. The zero-order chi connectivity index (χ0) is 20.6. The van der Waals surface area contributed by atoms with E-state index < -0.39 is 5.91 Å². The van der Waals surface area contributed by atoms with Gasteiger partial charge in [0.1, 0.15) is 5.75 Å². The summed E-state index contributed by atoms with van der Waals surface area (Å²) in [5.41, 5.74) is 1.53. The minimum Gasteiger partial charge on any atom is -0.439 e. The fourth-order valence-electron chi connectivity index (χ4n) is 2.38. The van der Waals surface area contributed by atoms with Crippen LogP contribution in [0.2, 0.25) is 0 Å². The third-order valence-corrected chi connectivity index (χ3v) is 4.23. The molecular formula is C22H16BrN3O3. The Bertz CT molecular complexity index is 1080. The van der Waals surface area contributed by atoms with E-state index in [1.54, 1.807) is 48.5 Å². The van der Waals surface area contributed by atoms with E-state index >= 15 is 0 Å². The molecule has 2 aromatic carbocycles. The van der Waals surface area contributed by atoms with Crippen LogP contribution in [0.1, 0.15) is 15.9 Å². The van der Waals surface area contributed by atoms with Crippen molar-refractivity contribution in [3.63, 3.8) is 0 Å². The number of pyridine rings is 1. The van der Waals surface area contributed by atoms with Gasteiger partial charge in [0.05, 0.1) is 12.1 Å². The number of nitrogens with zero attached hydrogens (tertiary/aromatic N) is 1. The highest BCUT2D eigenvalue weighted by molar-refractivity contribution is 9.10. The van der Waals surface area contributed by atoms with E-state index in [2.05, 4.69) is 37.5 Å². The fraction of sp³-hybridized carbons (Fsp3) is 0.0455. The van der Waals surface area contributed by atoms with Crippen LogP contribution < -0.4 is 15.4 Å². The Morgan fingerprint density at radius 1 is 1.10 bits per heavy atom. The lowest BCUT2D eigenvalue weighted by molar-refractivity contribution is -0.115. The average molecular weight is 450 g/mol. The van der Waals surface area contributed by atoms with Crippen LogP contribution in [0.4, 0.5) is 5.69 Å². The molecule has 0 spiro atoms. The van der Waals surface area contributed by atoms with Gasteiger partial charge in [-0.1, -0.05) is 34.0 Å². The van der Waals surface area contributed by atoms with Gasteiger partial charge in [-0.25, -0.2) is 4.98 Å². The van der Waals surface area contributed by atoms with Crippen molar-refractivity contribution in [2.45, 2.75) is 0 Å². The SMILES string of the molecule is C#Cc1cccc(NC(=O)CNC(=O)c2ccc(Oc3cccc(Br)c3)nc2)c1. The molecule has 0 aliphatic heterocycles. The molecule has 0 saturated carbocycles. The second kappa shape index (κ2) is 9.53. The zero-order valence-electron chi connectivity index (χ0n) is 15.2. The Balaban J connectivity index is 1.52. The van der Waals surface area contributed by atoms with Crippen molar-refractivity contribution >= 4 is 33.4 Å². The summed E-state index contributed by atoms with van der Waals surface area (Å²) in [5.74, 6) is 2.68. The molecule has 0 unspecified atom stereocenters. The van der Waals surface area contributed by atoms with Crippen molar-refractivity contribution in [3.05, 3.63) is 82.5 Å². The topological polar surface area (TPSA) is 80.3 Å². The lowest BCUT2D eigenvalue weighted by atomic mass is 10.2. The third kappa shape index (κ3) is 5.92. The van der Waals surface area contributed by atoms with Gasteiger partial charge in [0, 0.05) is 28.0 Å². The standard InChI is InChI=1S/C22H16BrN3O3/c1-2-15-5-3-7-18(11-15)26-20(27)14-25-22(28)16-9-10-21(24-13-16)29-19-8-4-6-17(23)12-19/h1,3-13H,14H2,(H,25,28)(H,26,27). The molecule has 3 rings (SSSR count). The smallest absolute Gasteiger partial charge is 0.253 e. The molecule has 144 valence electrons. The summed E-state index contributed by atoms with van der Waals surface area (Å²) >= 11 is 3.37. The van der Waals surface area contributed by atoms with Gasteiger partial charge in [0.25, 0.3) is 5.91 Å². The van der Waals surface area contributed by atoms with E-state index in [9.17, 15) is 9.59 Å². The molecule has 1 heterocycles. The number of carbonyl (C=O) groups is 2. The number of aromatic nitrogens is 1. The summed E-state index contributed by atoms with van der Waals surface area (Å²) in [7, 11) is 0. The van der Waals surface area contributed by atoms with Crippen molar-refractivity contribution < 1.29 is 14.3 Å². The summed E-state index contributed by atoms with van der Waals surface area (Å²) in [5, 5.41) is 5.22. The number of terminal acetylenes is 1. The van der Waals surface area contributed by atoms with Gasteiger partial charge >= 0.3 is 0 Å². The van der Waals surface area contributed by atoms with E-state index in [-0.39, 0.29) is 12.5 Å². The number of nitrogens with one attached hydrogen (secondary N) is 2. The van der Waals surface area contributed by atoms with E-state index in [1.165, 1.54) is 6.20 Å². The molecular weight excluding hydrogens is 434 g/mol. The van der Waals surface area contributed by atoms with E-state index in [0.29, 0.717) is 28.4 Å². The number of anilines is 1. The quantitative estimate of drug-likeness (QED) is 0.557. The second-order valence-electron chi connectivity index (χ2n) is 5.90. The Hall–Kier alpha value is -3.63. The number of amides is 2. The number of ether oxygens (including phenoxy) is 1. The first-order valence-corrected chi connectivity index (χ1v) is 9.37. The van der Waals surface area contributed by atoms with Crippen LogP contribution in [0.3, 0.4) is 0 Å². The van der Waals surface area contributed by atoms with Crippen LogP contribution in [-0.4, -0.2) is 23.3 Å². The molecule has 0 radical (unpaired) electrons.